The Balaban J connectivity index is 1.98. The highest BCUT2D eigenvalue weighted by molar-refractivity contribution is 7.99. The maximum Gasteiger partial charge on any atom is 0.321 e. The lowest BCUT2D eigenvalue weighted by atomic mass is 10.1. The number of hydrogen-bond donors (Lipinski definition) is 2. The summed E-state index contributed by atoms with van der Waals surface area (Å²) in [7, 11) is 0. The summed E-state index contributed by atoms with van der Waals surface area (Å²) >= 11 is 1.26. The first-order valence-electron chi connectivity index (χ1n) is 8.61. The second-order valence-corrected chi connectivity index (χ2v) is 7.30. The summed E-state index contributed by atoms with van der Waals surface area (Å²) in [5, 5.41) is 14.1. The van der Waals surface area contributed by atoms with Crippen LogP contribution in [0.15, 0.2) is 29.4 Å². The molecule has 0 atom stereocenters. The van der Waals surface area contributed by atoms with Crippen molar-refractivity contribution in [3.8, 4) is 11.4 Å². The molecule has 2 N–H and O–H groups in total. The zero-order chi connectivity index (χ0) is 19.1. The number of urea groups is 1. The van der Waals surface area contributed by atoms with Gasteiger partial charge in [0.05, 0.1) is 5.75 Å². The Labute approximate surface area is 158 Å². The van der Waals surface area contributed by atoms with Crippen LogP contribution in [0.3, 0.4) is 0 Å². The smallest absolute Gasteiger partial charge is 0.321 e. The molecule has 2 aromatic rings. The molecule has 1 aromatic heterocycles. The van der Waals surface area contributed by atoms with Gasteiger partial charge >= 0.3 is 6.03 Å². The van der Waals surface area contributed by atoms with Gasteiger partial charge in [-0.15, -0.1) is 10.2 Å². The highest BCUT2D eigenvalue weighted by atomic mass is 32.2. The third kappa shape index (κ3) is 5.59. The topological polar surface area (TPSA) is 88.9 Å². The van der Waals surface area contributed by atoms with Gasteiger partial charge in [-0.2, -0.15) is 0 Å². The highest BCUT2D eigenvalue weighted by Crippen LogP contribution is 2.24. The van der Waals surface area contributed by atoms with E-state index < -0.39 is 6.03 Å². The molecule has 7 nitrogen and oxygen atoms in total. The van der Waals surface area contributed by atoms with Crippen molar-refractivity contribution in [1.82, 2.24) is 25.4 Å². The van der Waals surface area contributed by atoms with Crippen molar-refractivity contribution in [2.45, 2.75) is 39.4 Å². The fourth-order valence-corrected chi connectivity index (χ4v) is 3.11. The van der Waals surface area contributed by atoms with Crippen LogP contribution >= 0.6 is 11.8 Å². The van der Waals surface area contributed by atoms with Gasteiger partial charge in [-0.1, -0.05) is 49.4 Å². The van der Waals surface area contributed by atoms with E-state index in [0.717, 1.165) is 17.0 Å². The summed E-state index contributed by atoms with van der Waals surface area (Å²) in [5.74, 6) is 0.835. The van der Waals surface area contributed by atoms with E-state index in [1.807, 2.05) is 50.5 Å². The summed E-state index contributed by atoms with van der Waals surface area (Å²) in [6.07, 6.45) is 0. The molecule has 26 heavy (non-hydrogen) atoms. The van der Waals surface area contributed by atoms with E-state index in [1.165, 1.54) is 11.8 Å². The molecule has 0 radical (unpaired) electrons. The van der Waals surface area contributed by atoms with E-state index in [-0.39, 0.29) is 11.7 Å². The Kier molecular flexibility index (Phi) is 7.20. The average molecular weight is 375 g/mol. The van der Waals surface area contributed by atoms with Crippen molar-refractivity contribution in [1.29, 1.82) is 0 Å². The number of nitrogens with zero attached hydrogens (tertiary/aromatic N) is 3. The van der Waals surface area contributed by atoms with E-state index in [9.17, 15) is 9.59 Å². The van der Waals surface area contributed by atoms with Crippen LogP contribution in [0.5, 0.6) is 0 Å². The van der Waals surface area contributed by atoms with Gasteiger partial charge < -0.3 is 9.88 Å². The van der Waals surface area contributed by atoms with Crippen LogP contribution in [0.25, 0.3) is 11.4 Å². The van der Waals surface area contributed by atoms with Crippen molar-refractivity contribution in [2.24, 2.45) is 5.92 Å². The molecule has 140 valence electrons. The van der Waals surface area contributed by atoms with Crippen molar-refractivity contribution < 1.29 is 9.59 Å². The van der Waals surface area contributed by atoms with E-state index >= 15 is 0 Å². The average Bonchev–Trinajstić information content (AvgIpc) is 3.01. The number of aryl methyl sites for hydroxylation is 1. The SMILES string of the molecule is CCn1c(SCC(=O)NC(=O)NCC(C)C)nnc1-c1cccc(C)c1. The molecule has 0 bridgehead atoms. The van der Waals surface area contributed by atoms with Crippen LogP contribution in [-0.2, 0) is 11.3 Å². The van der Waals surface area contributed by atoms with Crippen LogP contribution in [-0.4, -0.2) is 39.0 Å². The molecule has 0 aliphatic carbocycles. The van der Waals surface area contributed by atoms with Crippen molar-refractivity contribution in [3.63, 3.8) is 0 Å². The Bertz CT molecular complexity index is 773. The Morgan fingerprint density at radius 2 is 2.04 bits per heavy atom. The van der Waals surface area contributed by atoms with Crippen molar-refractivity contribution in [2.75, 3.05) is 12.3 Å². The fourth-order valence-electron chi connectivity index (χ4n) is 2.31. The molecule has 1 aromatic carbocycles. The molecule has 2 rings (SSSR count). The van der Waals surface area contributed by atoms with E-state index in [4.69, 9.17) is 0 Å². The van der Waals surface area contributed by atoms with Crippen LogP contribution < -0.4 is 10.6 Å². The quantitative estimate of drug-likeness (QED) is 0.727. The number of rotatable bonds is 7. The summed E-state index contributed by atoms with van der Waals surface area (Å²) in [5.41, 5.74) is 2.14. The van der Waals surface area contributed by atoms with Gasteiger partial charge in [0.25, 0.3) is 0 Å². The van der Waals surface area contributed by atoms with Crippen LogP contribution in [0, 0.1) is 12.8 Å². The first kappa shape index (κ1) is 20.0. The molecule has 0 fully saturated rings. The van der Waals surface area contributed by atoms with E-state index in [0.29, 0.717) is 24.2 Å². The predicted molar refractivity (Wildman–Crippen MR) is 103 cm³/mol. The van der Waals surface area contributed by atoms with Crippen molar-refractivity contribution in [3.05, 3.63) is 29.8 Å². The van der Waals surface area contributed by atoms with Gasteiger partial charge in [0.15, 0.2) is 11.0 Å². The normalized spacial score (nSPS) is 10.8. The molecule has 0 spiro atoms. The number of nitrogens with one attached hydrogen (secondary N) is 2. The molecular formula is C18H25N5O2S. The van der Waals surface area contributed by atoms with E-state index in [1.54, 1.807) is 0 Å². The van der Waals surface area contributed by atoms with Gasteiger partial charge in [0.1, 0.15) is 0 Å². The van der Waals surface area contributed by atoms with Crippen LogP contribution in [0.4, 0.5) is 4.79 Å². The molecule has 1 heterocycles. The van der Waals surface area contributed by atoms with Gasteiger partial charge in [-0.25, -0.2) is 4.79 Å². The summed E-state index contributed by atoms with van der Waals surface area (Å²) in [6, 6.07) is 7.58. The summed E-state index contributed by atoms with van der Waals surface area (Å²) in [6.45, 7) is 9.22. The minimum Gasteiger partial charge on any atom is -0.338 e. The number of imide groups is 1. The Morgan fingerprint density at radius 3 is 2.69 bits per heavy atom. The number of amides is 3. The minimum absolute atomic E-state index is 0.0983. The molecule has 3 amide bonds. The first-order valence-corrected chi connectivity index (χ1v) is 9.60. The highest BCUT2D eigenvalue weighted by Gasteiger charge is 2.15. The molecule has 8 heteroatoms. The first-order chi connectivity index (χ1) is 12.4. The zero-order valence-corrected chi connectivity index (χ0v) is 16.4. The fraction of sp³-hybridized carbons (Fsp3) is 0.444. The van der Waals surface area contributed by atoms with Gasteiger partial charge in [-0.05, 0) is 25.8 Å². The number of benzene rings is 1. The van der Waals surface area contributed by atoms with Crippen molar-refractivity contribution >= 4 is 23.7 Å². The van der Waals surface area contributed by atoms with Crippen LogP contribution in [0.1, 0.15) is 26.3 Å². The predicted octanol–water partition coefficient (Wildman–Crippen LogP) is 2.85. The summed E-state index contributed by atoms with van der Waals surface area (Å²) < 4.78 is 1.96. The number of carbonyl (C=O) groups excluding carboxylic acids is 2. The lowest BCUT2D eigenvalue weighted by Crippen LogP contribution is -2.41. The molecule has 0 saturated heterocycles. The third-order valence-corrected chi connectivity index (χ3v) is 4.53. The largest absolute Gasteiger partial charge is 0.338 e. The monoisotopic (exact) mass is 375 g/mol. The Hall–Kier alpha value is -2.35. The standard InChI is InChI=1S/C18H25N5O2S/c1-5-23-16(14-8-6-7-13(4)9-14)21-22-18(23)26-11-15(24)20-17(25)19-10-12(2)3/h6-9,12H,5,10-11H2,1-4H3,(H2,19,20,24,25). The maximum absolute atomic E-state index is 11.9. The molecule has 0 saturated carbocycles. The Morgan fingerprint density at radius 1 is 1.27 bits per heavy atom. The number of thioether (sulfide) groups is 1. The maximum atomic E-state index is 11.9. The number of aromatic nitrogens is 3. The number of hydrogen-bond acceptors (Lipinski definition) is 5. The van der Waals surface area contributed by atoms with E-state index in [2.05, 4.69) is 26.9 Å². The second-order valence-electron chi connectivity index (χ2n) is 6.36. The zero-order valence-electron chi connectivity index (χ0n) is 15.6. The van der Waals surface area contributed by atoms with Gasteiger partial charge in [0.2, 0.25) is 5.91 Å². The minimum atomic E-state index is -0.471. The van der Waals surface area contributed by atoms with Gasteiger partial charge in [-0.3, -0.25) is 10.1 Å². The lowest BCUT2D eigenvalue weighted by molar-refractivity contribution is -0.117. The summed E-state index contributed by atoms with van der Waals surface area (Å²) in [4.78, 5) is 23.6. The van der Waals surface area contributed by atoms with Crippen LogP contribution in [0.2, 0.25) is 0 Å². The molecular weight excluding hydrogens is 350 g/mol. The lowest BCUT2D eigenvalue weighted by Gasteiger charge is -2.09. The molecule has 0 aliphatic heterocycles. The second kappa shape index (κ2) is 9.38. The molecule has 0 aliphatic rings. The third-order valence-electron chi connectivity index (χ3n) is 3.57. The van der Waals surface area contributed by atoms with Gasteiger partial charge in [0, 0.05) is 18.7 Å². The number of carbonyl (C=O) groups is 2. The molecule has 0 unspecified atom stereocenters.